The van der Waals surface area contributed by atoms with Gasteiger partial charge in [-0.15, -0.1) is 0 Å². The van der Waals surface area contributed by atoms with E-state index in [-0.39, 0.29) is 17.7 Å². The molecule has 1 aliphatic rings. The number of nitrogens with one attached hydrogen (secondary N) is 1. The Morgan fingerprint density at radius 2 is 1.86 bits per heavy atom. The summed E-state index contributed by atoms with van der Waals surface area (Å²) in [6.45, 7) is 12.9. The Morgan fingerprint density at radius 3 is 2.38 bits per heavy atom. The third-order valence-electron chi connectivity index (χ3n) is 4.88. The van der Waals surface area contributed by atoms with E-state index >= 15 is 0 Å². The quantitative estimate of drug-likeness (QED) is 0.763. The summed E-state index contributed by atoms with van der Waals surface area (Å²) in [5.41, 5.74) is -1.20. The average molecular weight is 402 g/mol. The molecular formula is C21H28BFN2O4. The van der Waals surface area contributed by atoms with Gasteiger partial charge in [0.2, 0.25) is 0 Å². The first-order valence-corrected chi connectivity index (χ1v) is 9.47. The highest BCUT2D eigenvalue weighted by molar-refractivity contribution is 6.56. The van der Waals surface area contributed by atoms with Crippen molar-refractivity contribution >= 4 is 19.3 Å². The minimum absolute atomic E-state index is 0.0297. The minimum atomic E-state index is -0.792. The predicted molar refractivity (Wildman–Crippen MR) is 109 cm³/mol. The van der Waals surface area contributed by atoms with Crippen LogP contribution < -0.4 is 5.32 Å². The molecule has 1 saturated heterocycles. The van der Waals surface area contributed by atoms with Crippen LogP contribution in [0.25, 0.3) is 6.08 Å². The van der Waals surface area contributed by atoms with E-state index < -0.39 is 35.8 Å². The molecule has 2 rings (SSSR count). The maximum Gasteiger partial charge on any atom is 0.492 e. The van der Waals surface area contributed by atoms with Crippen LogP contribution in [0.5, 0.6) is 0 Å². The molecule has 6 nitrogen and oxygen atoms in total. The second kappa shape index (κ2) is 8.17. The van der Waals surface area contributed by atoms with Crippen molar-refractivity contribution in [1.82, 2.24) is 5.32 Å². The van der Waals surface area contributed by atoms with Crippen molar-refractivity contribution in [2.45, 2.75) is 65.3 Å². The molecule has 8 heteroatoms. The number of benzene rings is 1. The van der Waals surface area contributed by atoms with Gasteiger partial charge in [-0.2, -0.15) is 5.26 Å². The van der Waals surface area contributed by atoms with E-state index in [4.69, 9.17) is 19.3 Å². The molecule has 0 saturated carbocycles. The predicted octanol–water partition coefficient (Wildman–Crippen LogP) is 4.24. The van der Waals surface area contributed by atoms with Crippen molar-refractivity contribution in [2.75, 3.05) is 6.54 Å². The number of alkyl carbamates (subject to hydrolysis) is 1. The number of ether oxygens (including phenoxy) is 1. The average Bonchev–Trinajstić information content (AvgIpc) is 2.79. The number of halogens is 1. The molecule has 1 aliphatic heterocycles. The number of carbonyl (C=O) groups excluding carboxylic acids is 1. The molecule has 1 aromatic rings. The SMILES string of the molecule is CC(C)(C)OC(=O)NCC(=Cc1cccc(C#N)c1F)B1OC(C)(C)C(C)(C)O1. The molecular weight excluding hydrogens is 374 g/mol. The smallest absolute Gasteiger partial charge is 0.444 e. The van der Waals surface area contributed by atoms with E-state index in [1.165, 1.54) is 12.1 Å². The van der Waals surface area contributed by atoms with Gasteiger partial charge in [-0.1, -0.05) is 18.2 Å². The van der Waals surface area contributed by atoms with Crippen LogP contribution >= 0.6 is 0 Å². The Bertz CT molecular complexity index is 837. The van der Waals surface area contributed by atoms with Crippen molar-refractivity contribution in [3.63, 3.8) is 0 Å². The van der Waals surface area contributed by atoms with Gasteiger partial charge < -0.3 is 19.4 Å². The van der Waals surface area contributed by atoms with Crippen molar-refractivity contribution in [3.05, 3.63) is 40.6 Å². The molecule has 0 spiro atoms. The number of hydrogen-bond donors (Lipinski definition) is 1. The first-order valence-electron chi connectivity index (χ1n) is 9.47. The zero-order valence-corrected chi connectivity index (χ0v) is 18.1. The van der Waals surface area contributed by atoms with Crippen LogP contribution in [0.3, 0.4) is 0 Å². The van der Waals surface area contributed by atoms with E-state index in [9.17, 15) is 9.18 Å². The monoisotopic (exact) mass is 402 g/mol. The molecule has 1 fully saturated rings. The minimum Gasteiger partial charge on any atom is -0.444 e. The van der Waals surface area contributed by atoms with Crippen LogP contribution in [-0.4, -0.2) is 36.6 Å². The lowest BCUT2D eigenvalue weighted by molar-refractivity contribution is 0.00578. The van der Waals surface area contributed by atoms with Crippen LogP contribution in [0.15, 0.2) is 23.7 Å². The third kappa shape index (κ3) is 5.59. The molecule has 1 aromatic carbocycles. The van der Waals surface area contributed by atoms with E-state index in [1.54, 1.807) is 32.9 Å². The van der Waals surface area contributed by atoms with E-state index in [0.29, 0.717) is 5.47 Å². The molecule has 0 aliphatic carbocycles. The standard InChI is InChI=1S/C21H28BFN2O4/c1-19(2,3)27-18(26)25-13-16(22-28-20(4,5)21(6,7)29-22)11-14-9-8-10-15(12-24)17(14)23/h8-11H,13H2,1-7H3,(H,25,26). The van der Waals surface area contributed by atoms with Gasteiger partial charge in [-0.25, -0.2) is 9.18 Å². The topological polar surface area (TPSA) is 80.6 Å². The van der Waals surface area contributed by atoms with Gasteiger partial charge in [0.15, 0.2) is 0 Å². The number of carbonyl (C=O) groups is 1. The van der Waals surface area contributed by atoms with Crippen LogP contribution in [-0.2, 0) is 14.0 Å². The van der Waals surface area contributed by atoms with Crippen LogP contribution in [0.2, 0.25) is 0 Å². The van der Waals surface area contributed by atoms with Crippen LogP contribution in [0, 0.1) is 17.1 Å². The summed E-state index contributed by atoms with van der Waals surface area (Å²) < 4.78 is 32.0. The molecule has 0 aromatic heterocycles. The lowest BCUT2D eigenvalue weighted by atomic mass is 9.77. The summed E-state index contributed by atoms with van der Waals surface area (Å²) in [5, 5.41) is 11.7. The van der Waals surface area contributed by atoms with Crippen molar-refractivity contribution in [3.8, 4) is 6.07 Å². The van der Waals surface area contributed by atoms with Gasteiger partial charge in [0.05, 0.1) is 16.8 Å². The van der Waals surface area contributed by atoms with Crippen molar-refractivity contribution in [2.24, 2.45) is 0 Å². The van der Waals surface area contributed by atoms with Gasteiger partial charge in [0.25, 0.3) is 0 Å². The summed E-state index contributed by atoms with van der Waals surface area (Å²) in [6, 6.07) is 6.37. The molecule has 1 amide bonds. The van der Waals surface area contributed by atoms with E-state index in [1.807, 2.05) is 33.8 Å². The summed E-state index contributed by atoms with van der Waals surface area (Å²) in [6.07, 6.45) is 0.932. The van der Waals surface area contributed by atoms with E-state index in [0.717, 1.165) is 0 Å². The fourth-order valence-corrected chi connectivity index (χ4v) is 2.63. The zero-order chi connectivity index (χ0) is 22.0. The Kier molecular flexibility index (Phi) is 6.46. The molecule has 156 valence electrons. The van der Waals surface area contributed by atoms with Gasteiger partial charge in [-0.05, 0) is 60.0 Å². The molecule has 1 heterocycles. The Hall–Kier alpha value is -2.37. The van der Waals surface area contributed by atoms with Gasteiger partial charge >= 0.3 is 13.2 Å². The molecule has 0 unspecified atom stereocenters. The number of rotatable bonds is 4. The Labute approximate surface area is 172 Å². The summed E-state index contributed by atoms with van der Waals surface area (Å²) in [7, 11) is -0.792. The fraction of sp³-hybridized carbons (Fsp3) is 0.524. The van der Waals surface area contributed by atoms with Crippen LogP contribution in [0.4, 0.5) is 9.18 Å². The maximum absolute atomic E-state index is 14.6. The second-order valence-electron chi connectivity index (χ2n) is 8.98. The number of hydrogen-bond acceptors (Lipinski definition) is 5. The van der Waals surface area contributed by atoms with E-state index in [2.05, 4.69) is 5.32 Å². The molecule has 0 bridgehead atoms. The van der Waals surface area contributed by atoms with Crippen LogP contribution in [0.1, 0.15) is 59.6 Å². The van der Waals surface area contributed by atoms with Crippen molar-refractivity contribution in [1.29, 1.82) is 5.26 Å². The largest absolute Gasteiger partial charge is 0.492 e. The molecule has 0 radical (unpaired) electrons. The third-order valence-corrected chi connectivity index (χ3v) is 4.88. The molecule has 29 heavy (non-hydrogen) atoms. The zero-order valence-electron chi connectivity index (χ0n) is 18.1. The normalized spacial score (nSPS) is 18.3. The lowest BCUT2D eigenvalue weighted by Gasteiger charge is -2.32. The van der Waals surface area contributed by atoms with Crippen molar-refractivity contribution < 1.29 is 23.2 Å². The number of nitrogens with zero attached hydrogens (tertiary/aromatic N) is 1. The number of nitriles is 1. The lowest BCUT2D eigenvalue weighted by Crippen LogP contribution is -2.41. The van der Waals surface area contributed by atoms with Gasteiger partial charge in [0, 0.05) is 12.1 Å². The maximum atomic E-state index is 14.6. The highest BCUT2D eigenvalue weighted by Crippen LogP contribution is 2.38. The Balaban J connectivity index is 2.34. The molecule has 0 atom stereocenters. The second-order valence-corrected chi connectivity index (χ2v) is 8.98. The summed E-state index contributed by atoms with van der Waals surface area (Å²) in [5.74, 6) is -0.638. The molecule has 1 N–H and O–H groups in total. The number of amides is 1. The van der Waals surface area contributed by atoms with Gasteiger partial charge in [-0.3, -0.25) is 0 Å². The Morgan fingerprint density at radius 1 is 1.28 bits per heavy atom. The first kappa shape index (κ1) is 22.9. The summed E-state index contributed by atoms with van der Waals surface area (Å²) in [4.78, 5) is 12.1. The van der Waals surface area contributed by atoms with Gasteiger partial charge in [0.1, 0.15) is 17.5 Å². The highest BCUT2D eigenvalue weighted by Gasteiger charge is 2.52. The first-order chi connectivity index (χ1) is 13.3. The summed E-state index contributed by atoms with van der Waals surface area (Å²) >= 11 is 0. The highest BCUT2D eigenvalue weighted by atomic mass is 19.1. The fourth-order valence-electron chi connectivity index (χ4n) is 2.63.